The minimum Gasteiger partial charge on any atom is -0.497 e. The average molecular weight is 407 g/mol. The fourth-order valence-electron chi connectivity index (χ4n) is 3.34. The number of benzene rings is 2. The van der Waals surface area contributed by atoms with E-state index in [0.29, 0.717) is 11.5 Å². The summed E-state index contributed by atoms with van der Waals surface area (Å²) < 4.78 is 12.8. The molecule has 3 aromatic rings. The Kier molecular flexibility index (Phi) is 6.50. The molecular weight excluding hydrogens is 376 g/mol. The van der Waals surface area contributed by atoms with E-state index in [4.69, 9.17) is 9.47 Å². The number of rotatable bonds is 7. The molecule has 5 nitrogen and oxygen atoms in total. The Bertz CT molecular complexity index is 1020. The van der Waals surface area contributed by atoms with Crippen LogP contribution >= 0.6 is 0 Å². The van der Waals surface area contributed by atoms with Gasteiger partial charge >= 0.3 is 0 Å². The lowest BCUT2D eigenvalue weighted by molar-refractivity contribution is 0.0930. The molecule has 0 spiro atoms. The lowest BCUT2D eigenvalue weighted by Crippen LogP contribution is -2.36. The maximum absolute atomic E-state index is 13.1. The van der Waals surface area contributed by atoms with E-state index in [1.165, 1.54) is 0 Å². The van der Waals surface area contributed by atoms with Crippen LogP contribution in [0.25, 0.3) is 16.9 Å². The van der Waals surface area contributed by atoms with Crippen molar-refractivity contribution in [1.29, 1.82) is 0 Å². The second-order valence-electron chi connectivity index (χ2n) is 7.80. The molecule has 2 aromatic carbocycles. The highest BCUT2D eigenvalue weighted by Gasteiger charge is 2.21. The van der Waals surface area contributed by atoms with Gasteiger partial charge in [-0.3, -0.25) is 4.79 Å². The normalized spacial score (nSPS) is 12.0. The Hall–Kier alpha value is -3.21. The maximum atomic E-state index is 13.1. The second kappa shape index (κ2) is 9.08. The van der Waals surface area contributed by atoms with Crippen molar-refractivity contribution < 1.29 is 14.3 Å². The van der Waals surface area contributed by atoms with E-state index in [2.05, 4.69) is 23.7 Å². The van der Waals surface area contributed by atoms with Gasteiger partial charge in [-0.2, -0.15) is 0 Å². The van der Waals surface area contributed by atoms with E-state index in [-0.39, 0.29) is 11.9 Å². The van der Waals surface area contributed by atoms with Gasteiger partial charge < -0.3 is 19.4 Å². The Morgan fingerprint density at radius 3 is 2.20 bits per heavy atom. The van der Waals surface area contributed by atoms with Crippen LogP contribution in [-0.2, 0) is 0 Å². The lowest BCUT2D eigenvalue weighted by Gasteiger charge is -2.17. The summed E-state index contributed by atoms with van der Waals surface area (Å²) in [6, 6.07) is 17.7. The van der Waals surface area contributed by atoms with E-state index in [0.717, 1.165) is 34.1 Å². The fourth-order valence-corrected chi connectivity index (χ4v) is 3.34. The number of aromatic nitrogens is 1. The maximum Gasteiger partial charge on any atom is 0.253 e. The Balaban J connectivity index is 2.14. The summed E-state index contributed by atoms with van der Waals surface area (Å²) in [5, 5.41) is 3.12. The van der Waals surface area contributed by atoms with Gasteiger partial charge in [0.25, 0.3) is 5.91 Å². The first-order valence-corrected chi connectivity index (χ1v) is 10.2. The predicted octanol–water partition coefficient (Wildman–Crippen LogP) is 5.24. The molecule has 0 saturated heterocycles. The van der Waals surface area contributed by atoms with Crippen LogP contribution in [0.4, 0.5) is 0 Å². The molecule has 1 atom stereocenters. The summed E-state index contributed by atoms with van der Waals surface area (Å²) in [6.45, 7) is 8.20. The summed E-state index contributed by atoms with van der Waals surface area (Å²) in [5.41, 5.74) is 4.41. The minimum absolute atomic E-state index is 0.0647. The van der Waals surface area contributed by atoms with Crippen molar-refractivity contribution in [2.24, 2.45) is 5.92 Å². The van der Waals surface area contributed by atoms with Crippen LogP contribution in [0.5, 0.6) is 11.5 Å². The molecule has 0 saturated carbocycles. The third-order valence-corrected chi connectivity index (χ3v) is 5.55. The van der Waals surface area contributed by atoms with Crippen LogP contribution in [0.2, 0.25) is 0 Å². The molecule has 0 fully saturated rings. The monoisotopic (exact) mass is 406 g/mol. The van der Waals surface area contributed by atoms with Gasteiger partial charge in [-0.25, -0.2) is 0 Å². The standard InChI is InChI=1S/C25H30N2O3/c1-16(2)17(3)26-25(28)23-15-24(19-10-12-21(29-5)13-11-19)27(18(23)4)20-8-7-9-22(14-20)30-6/h7-17H,1-6H3,(H,26,28)/t17-/m0/s1. The number of amides is 1. The molecular formula is C25H30N2O3. The smallest absolute Gasteiger partial charge is 0.253 e. The van der Waals surface area contributed by atoms with Crippen LogP contribution in [0.15, 0.2) is 54.6 Å². The molecule has 3 rings (SSSR count). The highest BCUT2D eigenvalue weighted by Crippen LogP contribution is 2.32. The highest BCUT2D eigenvalue weighted by molar-refractivity contribution is 5.97. The molecule has 0 aliphatic carbocycles. The lowest BCUT2D eigenvalue weighted by atomic mass is 10.1. The largest absolute Gasteiger partial charge is 0.497 e. The number of nitrogens with one attached hydrogen (secondary N) is 1. The van der Waals surface area contributed by atoms with Crippen molar-refractivity contribution in [2.75, 3.05) is 14.2 Å². The van der Waals surface area contributed by atoms with Crippen LogP contribution in [-0.4, -0.2) is 30.7 Å². The van der Waals surface area contributed by atoms with Crippen LogP contribution in [0.3, 0.4) is 0 Å². The molecule has 0 aliphatic rings. The number of carbonyl (C=O) groups is 1. The van der Waals surface area contributed by atoms with Gasteiger partial charge in [0.05, 0.1) is 25.5 Å². The van der Waals surface area contributed by atoms with Crippen molar-refractivity contribution in [2.45, 2.75) is 33.7 Å². The van der Waals surface area contributed by atoms with Crippen LogP contribution < -0.4 is 14.8 Å². The van der Waals surface area contributed by atoms with Gasteiger partial charge in [0.15, 0.2) is 0 Å². The van der Waals surface area contributed by atoms with Crippen LogP contribution in [0.1, 0.15) is 36.8 Å². The highest BCUT2D eigenvalue weighted by atomic mass is 16.5. The van der Waals surface area contributed by atoms with Gasteiger partial charge in [-0.05, 0) is 67.8 Å². The van der Waals surface area contributed by atoms with Crippen molar-refractivity contribution >= 4 is 5.91 Å². The summed E-state index contributed by atoms with van der Waals surface area (Å²) in [4.78, 5) is 13.1. The number of nitrogens with zero attached hydrogens (tertiary/aromatic N) is 1. The van der Waals surface area contributed by atoms with Crippen LogP contribution in [0, 0.1) is 12.8 Å². The number of methoxy groups -OCH3 is 2. The molecule has 1 amide bonds. The van der Waals surface area contributed by atoms with E-state index < -0.39 is 0 Å². The molecule has 0 radical (unpaired) electrons. The number of hydrogen-bond donors (Lipinski definition) is 1. The molecule has 1 aromatic heterocycles. The number of ether oxygens (including phenoxy) is 2. The van der Waals surface area contributed by atoms with Crippen molar-refractivity contribution in [3.05, 3.63) is 65.9 Å². The summed E-state index contributed by atoms with van der Waals surface area (Å²) in [6.07, 6.45) is 0. The van der Waals surface area contributed by atoms with Gasteiger partial charge in [-0.15, -0.1) is 0 Å². The third kappa shape index (κ3) is 4.35. The summed E-state index contributed by atoms with van der Waals surface area (Å²) >= 11 is 0. The molecule has 0 aliphatic heterocycles. The quantitative estimate of drug-likeness (QED) is 0.583. The molecule has 5 heteroatoms. The van der Waals surface area contributed by atoms with Crippen molar-refractivity contribution in [3.63, 3.8) is 0 Å². The molecule has 1 N–H and O–H groups in total. The second-order valence-corrected chi connectivity index (χ2v) is 7.80. The number of carbonyl (C=O) groups excluding carboxylic acids is 1. The van der Waals surface area contributed by atoms with Crippen molar-refractivity contribution in [3.8, 4) is 28.4 Å². The van der Waals surface area contributed by atoms with Gasteiger partial charge in [0.1, 0.15) is 11.5 Å². The molecule has 30 heavy (non-hydrogen) atoms. The molecule has 0 bridgehead atoms. The third-order valence-electron chi connectivity index (χ3n) is 5.55. The Morgan fingerprint density at radius 2 is 1.60 bits per heavy atom. The minimum atomic E-state index is -0.0647. The molecule has 158 valence electrons. The number of hydrogen-bond acceptors (Lipinski definition) is 3. The Labute approximate surface area is 178 Å². The van der Waals surface area contributed by atoms with Crippen molar-refractivity contribution in [1.82, 2.24) is 9.88 Å². The zero-order valence-corrected chi connectivity index (χ0v) is 18.5. The van der Waals surface area contributed by atoms with E-state index in [9.17, 15) is 4.79 Å². The first kappa shape index (κ1) is 21.5. The molecule has 0 unspecified atom stereocenters. The predicted molar refractivity (Wildman–Crippen MR) is 121 cm³/mol. The van der Waals surface area contributed by atoms with E-state index in [1.54, 1.807) is 14.2 Å². The average Bonchev–Trinajstić information content (AvgIpc) is 3.10. The zero-order valence-electron chi connectivity index (χ0n) is 18.5. The fraction of sp³-hybridized carbons (Fsp3) is 0.320. The summed E-state index contributed by atoms with van der Waals surface area (Å²) in [7, 11) is 3.30. The zero-order chi connectivity index (χ0) is 21.8. The first-order chi connectivity index (χ1) is 14.3. The Morgan fingerprint density at radius 1 is 0.933 bits per heavy atom. The van der Waals surface area contributed by atoms with Gasteiger partial charge in [-0.1, -0.05) is 19.9 Å². The van der Waals surface area contributed by atoms with Gasteiger partial charge in [0.2, 0.25) is 0 Å². The molecule has 1 heterocycles. The summed E-state index contributed by atoms with van der Waals surface area (Å²) in [5.74, 6) is 1.85. The first-order valence-electron chi connectivity index (χ1n) is 10.2. The van der Waals surface area contributed by atoms with E-state index in [1.807, 2.05) is 68.4 Å². The SMILES string of the molecule is COc1ccc(-c2cc(C(=O)N[C@@H](C)C(C)C)c(C)n2-c2cccc(OC)c2)cc1. The van der Waals surface area contributed by atoms with Gasteiger partial charge in [0, 0.05) is 23.5 Å². The topological polar surface area (TPSA) is 52.5 Å². The van der Waals surface area contributed by atoms with E-state index >= 15 is 0 Å².